The van der Waals surface area contributed by atoms with Crippen LogP contribution in [0, 0.1) is 11.7 Å². The lowest BCUT2D eigenvalue weighted by Gasteiger charge is -2.35. The SMILES string of the molecule is O=C1CN(C(=O)[C@H]2CCOC2)CCN1Cc1cccc(F)c1. The number of hydrogen-bond donors (Lipinski definition) is 0. The van der Waals surface area contributed by atoms with Gasteiger partial charge in [-0.1, -0.05) is 12.1 Å². The molecule has 6 heteroatoms. The second-order valence-corrected chi connectivity index (χ2v) is 5.77. The van der Waals surface area contributed by atoms with E-state index in [-0.39, 0.29) is 30.1 Å². The van der Waals surface area contributed by atoms with Crippen LogP contribution in [0.5, 0.6) is 0 Å². The number of rotatable bonds is 3. The van der Waals surface area contributed by atoms with E-state index in [9.17, 15) is 14.0 Å². The van der Waals surface area contributed by atoms with E-state index in [4.69, 9.17) is 4.74 Å². The summed E-state index contributed by atoms with van der Waals surface area (Å²) in [5, 5.41) is 0. The molecule has 0 spiro atoms. The van der Waals surface area contributed by atoms with Gasteiger partial charge in [0.15, 0.2) is 0 Å². The molecule has 2 aliphatic heterocycles. The maximum absolute atomic E-state index is 13.2. The summed E-state index contributed by atoms with van der Waals surface area (Å²) in [6, 6.07) is 6.24. The summed E-state index contributed by atoms with van der Waals surface area (Å²) < 4.78 is 18.4. The van der Waals surface area contributed by atoms with Crippen molar-refractivity contribution in [2.45, 2.75) is 13.0 Å². The first-order chi connectivity index (χ1) is 10.6. The van der Waals surface area contributed by atoms with Crippen molar-refractivity contribution in [2.75, 3.05) is 32.8 Å². The van der Waals surface area contributed by atoms with E-state index < -0.39 is 0 Å². The third-order valence-corrected chi connectivity index (χ3v) is 4.17. The number of ether oxygens (including phenoxy) is 1. The van der Waals surface area contributed by atoms with Crippen molar-refractivity contribution in [3.63, 3.8) is 0 Å². The molecule has 1 aromatic rings. The number of hydrogen-bond acceptors (Lipinski definition) is 3. The maximum atomic E-state index is 13.2. The van der Waals surface area contributed by atoms with E-state index in [0.717, 1.165) is 12.0 Å². The summed E-state index contributed by atoms with van der Waals surface area (Å²) in [5.41, 5.74) is 0.761. The fraction of sp³-hybridized carbons (Fsp3) is 0.500. The van der Waals surface area contributed by atoms with Crippen molar-refractivity contribution < 1.29 is 18.7 Å². The Labute approximate surface area is 128 Å². The van der Waals surface area contributed by atoms with Crippen molar-refractivity contribution in [3.8, 4) is 0 Å². The summed E-state index contributed by atoms with van der Waals surface area (Å²) in [4.78, 5) is 27.8. The highest BCUT2D eigenvalue weighted by molar-refractivity contribution is 5.87. The normalized spacial score (nSPS) is 22.2. The van der Waals surface area contributed by atoms with Gasteiger partial charge >= 0.3 is 0 Å². The standard InChI is InChI=1S/C16H19FN2O3/c17-14-3-1-2-12(8-14)9-18-5-6-19(10-15(18)20)16(21)13-4-7-22-11-13/h1-3,8,13H,4-7,9-11H2/t13-/m0/s1. The third kappa shape index (κ3) is 3.27. The van der Waals surface area contributed by atoms with Crippen LogP contribution in [0.25, 0.3) is 0 Å². The first-order valence-corrected chi connectivity index (χ1v) is 7.52. The Hall–Kier alpha value is -1.95. The van der Waals surface area contributed by atoms with Gasteiger partial charge in [-0.2, -0.15) is 0 Å². The van der Waals surface area contributed by atoms with E-state index in [0.29, 0.717) is 32.8 Å². The van der Waals surface area contributed by atoms with Crippen molar-refractivity contribution in [1.29, 1.82) is 0 Å². The fourth-order valence-corrected chi connectivity index (χ4v) is 2.91. The molecule has 2 fully saturated rings. The van der Waals surface area contributed by atoms with Crippen molar-refractivity contribution in [1.82, 2.24) is 9.80 Å². The second kappa shape index (κ2) is 6.44. The predicted octanol–water partition coefficient (Wildman–Crippen LogP) is 1.03. The van der Waals surface area contributed by atoms with Gasteiger partial charge in [-0.15, -0.1) is 0 Å². The molecule has 0 saturated carbocycles. The molecule has 2 heterocycles. The van der Waals surface area contributed by atoms with Crippen LogP contribution in [0.15, 0.2) is 24.3 Å². The maximum Gasteiger partial charge on any atom is 0.242 e. The molecule has 0 aliphatic carbocycles. The van der Waals surface area contributed by atoms with E-state index in [2.05, 4.69) is 0 Å². The van der Waals surface area contributed by atoms with Gasteiger partial charge in [0, 0.05) is 26.2 Å². The first kappa shape index (κ1) is 15.0. The van der Waals surface area contributed by atoms with Crippen LogP contribution < -0.4 is 0 Å². The molecule has 1 atom stereocenters. The highest BCUT2D eigenvalue weighted by Crippen LogP contribution is 2.18. The zero-order chi connectivity index (χ0) is 15.5. The fourth-order valence-electron chi connectivity index (χ4n) is 2.91. The van der Waals surface area contributed by atoms with Crippen LogP contribution in [0.1, 0.15) is 12.0 Å². The minimum absolute atomic E-state index is 0.0104. The van der Waals surface area contributed by atoms with Gasteiger partial charge in [0.2, 0.25) is 11.8 Å². The number of nitrogens with zero attached hydrogens (tertiary/aromatic N) is 2. The third-order valence-electron chi connectivity index (χ3n) is 4.17. The van der Waals surface area contributed by atoms with Crippen LogP contribution in [0.3, 0.4) is 0 Å². The van der Waals surface area contributed by atoms with Gasteiger partial charge in [-0.05, 0) is 24.1 Å². The molecule has 1 aromatic carbocycles. The Morgan fingerprint density at radius 3 is 2.91 bits per heavy atom. The molecule has 118 valence electrons. The van der Waals surface area contributed by atoms with E-state index in [1.807, 2.05) is 0 Å². The van der Waals surface area contributed by atoms with Crippen LogP contribution >= 0.6 is 0 Å². The van der Waals surface area contributed by atoms with E-state index in [1.165, 1.54) is 12.1 Å². The molecule has 0 bridgehead atoms. The van der Waals surface area contributed by atoms with Gasteiger partial charge in [-0.3, -0.25) is 9.59 Å². The molecular formula is C16H19FN2O3. The van der Waals surface area contributed by atoms with Gasteiger partial charge in [0.25, 0.3) is 0 Å². The topological polar surface area (TPSA) is 49.9 Å². The van der Waals surface area contributed by atoms with Crippen LogP contribution in [0.2, 0.25) is 0 Å². The highest BCUT2D eigenvalue weighted by Gasteiger charge is 2.32. The molecule has 2 amide bonds. The van der Waals surface area contributed by atoms with Gasteiger partial charge in [-0.25, -0.2) is 4.39 Å². The molecule has 0 unspecified atom stereocenters. The predicted molar refractivity (Wildman–Crippen MR) is 77.3 cm³/mol. The number of carbonyl (C=O) groups excluding carboxylic acids is 2. The summed E-state index contributed by atoms with van der Waals surface area (Å²) in [6.45, 7) is 2.56. The number of halogens is 1. The molecule has 22 heavy (non-hydrogen) atoms. The Kier molecular flexibility index (Phi) is 4.38. The first-order valence-electron chi connectivity index (χ1n) is 7.52. The number of piperazine rings is 1. The zero-order valence-corrected chi connectivity index (χ0v) is 12.3. The molecule has 2 saturated heterocycles. The van der Waals surface area contributed by atoms with Crippen molar-refractivity contribution >= 4 is 11.8 Å². The van der Waals surface area contributed by atoms with Crippen LogP contribution in [-0.2, 0) is 20.9 Å². The van der Waals surface area contributed by atoms with E-state index in [1.54, 1.807) is 21.9 Å². The Balaban J connectivity index is 1.58. The average Bonchev–Trinajstić information content (AvgIpc) is 3.03. The van der Waals surface area contributed by atoms with Crippen molar-refractivity contribution in [3.05, 3.63) is 35.6 Å². The summed E-state index contributed by atoms with van der Waals surface area (Å²) in [6.07, 6.45) is 0.733. The van der Waals surface area contributed by atoms with Gasteiger partial charge < -0.3 is 14.5 Å². The molecule has 0 aromatic heterocycles. The van der Waals surface area contributed by atoms with Crippen LogP contribution in [0.4, 0.5) is 4.39 Å². The molecule has 3 rings (SSSR count). The quantitative estimate of drug-likeness (QED) is 0.838. The van der Waals surface area contributed by atoms with E-state index >= 15 is 0 Å². The Bertz CT molecular complexity index is 572. The smallest absolute Gasteiger partial charge is 0.242 e. The lowest BCUT2D eigenvalue weighted by molar-refractivity contribution is -0.148. The largest absolute Gasteiger partial charge is 0.381 e. The minimum atomic E-state index is -0.306. The molecule has 0 N–H and O–H groups in total. The Morgan fingerprint density at radius 1 is 1.36 bits per heavy atom. The second-order valence-electron chi connectivity index (χ2n) is 5.77. The number of carbonyl (C=O) groups is 2. The molecule has 0 radical (unpaired) electrons. The molecular weight excluding hydrogens is 287 g/mol. The lowest BCUT2D eigenvalue weighted by Crippen LogP contribution is -2.53. The van der Waals surface area contributed by atoms with Gasteiger partial charge in [0.05, 0.1) is 19.1 Å². The summed E-state index contributed by atoms with van der Waals surface area (Å²) in [7, 11) is 0. The van der Waals surface area contributed by atoms with Crippen LogP contribution in [-0.4, -0.2) is 54.5 Å². The van der Waals surface area contributed by atoms with Crippen molar-refractivity contribution in [2.24, 2.45) is 5.92 Å². The summed E-state index contributed by atoms with van der Waals surface area (Å²) >= 11 is 0. The van der Waals surface area contributed by atoms with Gasteiger partial charge in [0.1, 0.15) is 5.82 Å². The number of benzene rings is 1. The highest BCUT2D eigenvalue weighted by atomic mass is 19.1. The lowest BCUT2D eigenvalue weighted by atomic mass is 10.1. The molecule has 5 nitrogen and oxygen atoms in total. The monoisotopic (exact) mass is 306 g/mol. The minimum Gasteiger partial charge on any atom is -0.381 e. The summed E-state index contributed by atoms with van der Waals surface area (Å²) in [5.74, 6) is -0.499. The zero-order valence-electron chi connectivity index (χ0n) is 12.3. The Morgan fingerprint density at radius 2 is 2.23 bits per heavy atom. The average molecular weight is 306 g/mol. The molecule has 2 aliphatic rings. The number of amides is 2.